The molecule has 2 aromatic rings. The molecule has 0 spiro atoms. The van der Waals surface area contributed by atoms with Crippen LogP contribution in [-0.4, -0.2) is 6.18 Å². The van der Waals surface area contributed by atoms with Crippen molar-refractivity contribution < 1.29 is 13.2 Å². The van der Waals surface area contributed by atoms with Gasteiger partial charge >= 0.3 is 6.18 Å². The topological polar surface area (TPSA) is 26.0 Å². The first-order valence-corrected chi connectivity index (χ1v) is 6.90. The molecule has 0 saturated carbocycles. The number of benzene rings is 2. The highest BCUT2D eigenvalue weighted by Gasteiger charge is 2.41. The molecule has 5 heteroatoms. The Morgan fingerprint density at radius 1 is 1.05 bits per heavy atom. The van der Waals surface area contributed by atoms with Crippen LogP contribution in [-0.2, 0) is 6.42 Å². The molecule has 2 aromatic carbocycles. The normalized spacial score (nSPS) is 14.8. The number of hydrogen-bond donors (Lipinski definition) is 1. The molecule has 1 unspecified atom stereocenters. The highest BCUT2D eigenvalue weighted by atomic mass is 79.9. The van der Waals surface area contributed by atoms with E-state index in [1.165, 1.54) is 0 Å². The van der Waals surface area contributed by atoms with Crippen LogP contribution in [0.5, 0.6) is 0 Å². The Kier molecular flexibility index (Phi) is 3.14. The first kappa shape index (κ1) is 13.6. The van der Waals surface area contributed by atoms with Crippen molar-refractivity contribution in [1.29, 1.82) is 0 Å². The van der Waals surface area contributed by atoms with E-state index in [1.54, 1.807) is 6.07 Å². The fourth-order valence-electron chi connectivity index (χ4n) is 2.70. The molecule has 0 amide bonds. The van der Waals surface area contributed by atoms with E-state index in [-0.39, 0.29) is 5.56 Å². The van der Waals surface area contributed by atoms with E-state index in [0.717, 1.165) is 16.7 Å². The van der Waals surface area contributed by atoms with Gasteiger partial charge in [0.2, 0.25) is 0 Å². The standard InChI is InChI=1S/C15H11BrF3N/c16-11-6-5-9-7-8-3-1-2-4-10(8)12(9)13(11)14(20)15(17,18)19/h1-6,14H,7,20H2. The Morgan fingerprint density at radius 3 is 2.45 bits per heavy atom. The van der Waals surface area contributed by atoms with Gasteiger partial charge in [0, 0.05) is 10.0 Å². The zero-order valence-corrected chi connectivity index (χ0v) is 11.9. The smallest absolute Gasteiger partial charge is 0.316 e. The maximum atomic E-state index is 13.0. The lowest BCUT2D eigenvalue weighted by Crippen LogP contribution is -2.29. The van der Waals surface area contributed by atoms with Gasteiger partial charge in [0.15, 0.2) is 0 Å². The van der Waals surface area contributed by atoms with Gasteiger partial charge in [0.25, 0.3) is 0 Å². The lowest BCUT2D eigenvalue weighted by Gasteiger charge is -2.21. The Balaban J connectivity index is 2.27. The number of rotatable bonds is 1. The highest BCUT2D eigenvalue weighted by molar-refractivity contribution is 9.10. The molecule has 20 heavy (non-hydrogen) atoms. The van der Waals surface area contributed by atoms with Crippen molar-refractivity contribution in [3.05, 3.63) is 57.6 Å². The summed E-state index contributed by atoms with van der Waals surface area (Å²) in [6.45, 7) is 0. The van der Waals surface area contributed by atoms with Crippen molar-refractivity contribution in [2.75, 3.05) is 0 Å². The van der Waals surface area contributed by atoms with Crippen LogP contribution in [0.25, 0.3) is 11.1 Å². The molecule has 2 N–H and O–H groups in total. The Labute approximate surface area is 122 Å². The summed E-state index contributed by atoms with van der Waals surface area (Å²) < 4.78 is 39.4. The summed E-state index contributed by atoms with van der Waals surface area (Å²) in [5.74, 6) is 0. The maximum Gasteiger partial charge on any atom is 0.407 e. The van der Waals surface area contributed by atoms with Crippen LogP contribution < -0.4 is 5.73 Å². The summed E-state index contributed by atoms with van der Waals surface area (Å²) in [5, 5.41) is 0. The Morgan fingerprint density at radius 2 is 1.75 bits per heavy atom. The van der Waals surface area contributed by atoms with Crippen molar-refractivity contribution in [3.63, 3.8) is 0 Å². The van der Waals surface area contributed by atoms with E-state index >= 15 is 0 Å². The number of halogens is 4. The Hall–Kier alpha value is -1.33. The molecule has 0 aromatic heterocycles. The molecule has 0 saturated heterocycles. The van der Waals surface area contributed by atoms with Crippen LogP contribution in [0.15, 0.2) is 40.9 Å². The monoisotopic (exact) mass is 341 g/mol. The molecule has 0 bridgehead atoms. The summed E-state index contributed by atoms with van der Waals surface area (Å²) in [6.07, 6.45) is -3.81. The molecule has 1 aliphatic carbocycles. The van der Waals surface area contributed by atoms with Crippen LogP contribution in [0.2, 0.25) is 0 Å². The van der Waals surface area contributed by atoms with E-state index in [9.17, 15) is 13.2 Å². The maximum absolute atomic E-state index is 13.0. The number of fused-ring (bicyclic) bond motifs is 3. The van der Waals surface area contributed by atoms with E-state index in [0.29, 0.717) is 16.5 Å². The van der Waals surface area contributed by atoms with Gasteiger partial charge < -0.3 is 5.73 Å². The van der Waals surface area contributed by atoms with Crippen molar-refractivity contribution in [2.24, 2.45) is 5.73 Å². The van der Waals surface area contributed by atoms with Gasteiger partial charge in [0.05, 0.1) is 0 Å². The van der Waals surface area contributed by atoms with Crippen LogP contribution in [0.4, 0.5) is 13.2 Å². The first-order chi connectivity index (χ1) is 9.39. The van der Waals surface area contributed by atoms with Gasteiger partial charge in [-0.15, -0.1) is 0 Å². The minimum absolute atomic E-state index is 0.125. The Bertz CT molecular complexity index is 679. The largest absolute Gasteiger partial charge is 0.407 e. The number of hydrogen-bond acceptors (Lipinski definition) is 1. The summed E-state index contributed by atoms with van der Waals surface area (Å²) in [7, 11) is 0. The molecule has 104 valence electrons. The number of nitrogens with two attached hydrogens (primary N) is 1. The van der Waals surface area contributed by atoms with Crippen molar-refractivity contribution in [3.8, 4) is 11.1 Å². The van der Waals surface area contributed by atoms with Gasteiger partial charge in [-0.2, -0.15) is 13.2 Å². The van der Waals surface area contributed by atoms with Crippen LogP contribution in [0.3, 0.4) is 0 Å². The van der Waals surface area contributed by atoms with E-state index < -0.39 is 12.2 Å². The van der Waals surface area contributed by atoms with Crippen molar-refractivity contribution in [1.82, 2.24) is 0 Å². The quantitative estimate of drug-likeness (QED) is 0.688. The second-order valence-corrected chi connectivity index (χ2v) is 5.70. The fraction of sp³-hybridized carbons (Fsp3) is 0.200. The third-order valence-electron chi connectivity index (χ3n) is 3.61. The van der Waals surface area contributed by atoms with Crippen LogP contribution in [0.1, 0.15) is 22.7 Å². The molecule has 0 fully saturated rings. The van der Waals surface area contributed by atoms with Crippen LogP contribution in [0, 0.1) is 0 Å². The summed E-state index contributed by atoms with van der Waals surface area (Å²) in [4.78, 5) is 0. The van der Waals surface area contributed by atoms with Gasteiger partial charge in [-0.3, -0.25) is 0 Å². The van der Waals surface area contributed by atoms with E-state index in [4.69, 9.17) is 5.73 Å². The second-order valence-electron chi connectivity index (χ2n) is 4.85. The molecule has 0 radical (unpaired) electrons. The summed E-state index contributed by atoms with van der Waals surface area (Å²) in [5.41, 5.74) is 8.97. The van der Waals surface area contributed by atoms with Gasteiger partial charge in [0.1, 0.15) is 6.04 Å². The second kappa shape index (κ2) is 4.60. The van der Waals surface area contributed by atoms with Crippen molar-refractivity contribution in [2.45, 2.75) is 18.6 Å². The zero-order valence-electron chi connectivity index (χ0n) is 10.3. The molecule has 0 heterocycles. The number of alkyl halides is 3. The molecule has 0 aliphatic heterocycles. The first-order valence-electron chi connectivity index (χ1n) is 6.11. The van der Waals surface area contributed by atoms with Gasteiger partial charge in [-0.25, -0.2) is 0 Å². The van der Waals surface area contributed by atoms with Gasteiger partial charge in [-0.05, 0) is 34.7 Å². The van der Waals surface area contributed by atoms with Crippen LogP contribution >= 0.6 is 15.9 Å². The molecule has 3 rings (SSSR count). The minimum Gasteiger partial charge on any atom is -0.316 e. The minimum atomic E-state index is -4.46. The van der Waals surface area contributed by atoms with Gasteiger partial charge in [-0.1, -0.05) is 46.3 Å². The zero-order chi connectivity index (χ0) is 14.5. The fourth-order valence-corrected chi connectivity index (χ4v) is 3.27. The molecule has 1 aliphatic rings. The molecular weight excluding hydrogens is 331 g/mol. The third kappa shape index (κ3) is 2.05. The third-order valence-corrected chi connectivity index (χ3v) is 4.30. The molecule has 1 atom stereocenters. The predicted molar refractivity (Wildman–Crippen MR) is 75.4 cm³/mol. The lowest BCUT2D eigenvalue weighted by molar-refractivity contribution is -0.149. The highest BCUT2D eigenvalue weighted by Crippen LogP contribution is 2.46. The summed E-state index contributed by atoms with van der Waals surface area (Å²) >= 11 is 3.21. The average molecular weight is 342 g/mol. The predicted octanol–water partition coefficient (Wildman–Crippen LogP) is 4.58. The van der Waals surface area contributed by atoms with E-state index in [1.807, 2.05) is 30.3 Å². The average Bonchev–Trinajstić information content (AvgIpc) is 2.76. The lowest BCUT2D eigenvalue weighted by atomic mass is 9.94. The molecular formula is C15H11BrF3N. The van der Waals surface area contributed by atoms with Crippen molar-refractivity contribution >= 4 is 15.9 Å². The van der Waals surface area contributed by atoms with E-state index in [2.05, 4.69) is 15.9 Å². The molecule has 1 nitrogen and oxygen atoms in total. The summed E-state index contributed by atoms with van der Waals surface area (Å²) in [6, 6.07) is 9.02. The SMILES string of the molecule is NC(c1c(Br)ccc2c1-c1ccccc1C2)C(F)(F)F.